The lowest BCUT2D eigenvalue weighted by molar-refractivity contribution is 0.0735. The monoisotopic (exact) mass is 304 g/mol. The summed E-state index contributed by atoms with van der Waals surface area (Å²) in [7, 11) is 0. The zero-order chi connectivity index (χ0) is 16.2. The average molecular weight is 304 g/mol. The second-order valence-electron chi connectivity index (χ2n) is 5.83. The number of carbonyl (C=O) groups excluding carboxylic acids is 1. The molecule has 0 heterocycles. The van der Waals surface area contributed by atoms with E-state index in [4.69, 9.17) is 4.74 Å². The summed E-state index contributed by atoms with van der Waals surface area (Å²) >= 11 is 0. The maximum absolute atomic E-state index is 12.3. The summed E-state index contributed by atoms with van der Waals surface area (Å²) in [6.07, 6.45) is 1.09. The van der Waals surface area contributed by atoms with Crippen LogP contribution in [0.4, 0.5) is 0 Å². The highest BCUT2D eigenvalue weighted by molar-refractivity contribution is 5.96. The van der Waals surface area contributed by atoms with Gasteiger partial charge in [-0.15, -0.1) is 0 Å². The van der Waals surface area contributed by atoms with Gasteiger partial charge in [0.15, 0.2) is 0 Å². The van der Waals surface area contributed by atoms with E-state index < -0.39 is 0 Å². The first kappa shape index (κ1) is 15.3. The number of ether oxygens (including phenoxy) is 1. The van der Waals surface area contributed by atoms with Crippen molar-refractivity contribution in [1.29, 1.82) is 0 Å². The van der Waals surface area contributed by atoms with E-state index in [2.05, 4.69) is 13.8 Å². The van der Waals surface area contributed by atoms with E-state index in [-0.39, 0.29) is 5.97 Å². The Bertz CT molecular complexity index is 819. The molecule has 0 amide bonds. The predicted octanol–water partition coefficient (Wildman–Crippen LogP) is 5.57. The molecule has 1 unspecified atom stereocenters. The Morgan fingerprint density at radius 2 is 1.65 bits per heavy atom. The van der Waals surface area contributed by atoms with Crippen molar-refractivity contribution in [2.75, 3.05) is 0 Å². The zero-order valence-corrected chi connectivity index (χ0v) is 13.5. The maximum atomic E-state index is 12.3. The van der Waals surface area contributed by atoms with Crippen LogP contribution in [0.2, 0.25) is 0 Å². The van der Waals surface area contributed by atoms with Crippen LogP contribution in [-0.2, 0) is 0 Å². The minimum atomic E-state index is -0.327. The molecule has 0 radical (unpaired) electrons. The highest BCUT2D eigenvalue weighted by Crippen LogP contribution is 2.22. The smallest absolute Gasteiger partial charge is 0.343 e. The Hall–Kier alpha value is -2.61. The molecule has 0 fully saturated rings. The lowest BCUT2D eigenvalue weighted by Gasteiger charge is -2.10. The van der Waals surface area contributed by atoms with Crippen molar-refractivity contribution >= 4 is 16.7 Å². The number of fused-ring (bicyclic) bond motifs is 1. The largest absolute Gasteiger partial charge is 0.423 e. The molecule has 0 N–H and O–H groups in total. The molecule has 2 heteroatoms. The molecule has 0 aliphatic carbocycles. The van der Waals surface area contributed by atoms with Crippen LogP contribution < -0.4 is 4.74 Å². The van der Waals surface area contributed by atoms with E-state index in [1.807, 2.05) is 60.7 Å². The van der Waals surface area contributed by atoms with Crippen molar-refractivity contribution in [3.63, 3.8) is 0 Å². The van der Waals surface area contributed by atoms with E-state index in [1.54, 1.807) is 6.07 Å². The van der Waals surface area contributed by atoms with Crippen molar-refractivity contribution in [2.24, 2.45) is 0 Å². The van der Waals surface area contributed by atoms with Gasteiger partial charge in [-0.1, -0.05) is 56.3 Å². The minimum Gasteiger partial charge on any atom is -0.423 e. The number of hydrogen-bond donors (Lipinski definition) is 0. The van der Waals surface area contributed by atoms with Crippen LogP contribution in [0.3, 0.4) is 0 Å². The van der Waals surface area contributed by atoms with E-state index in [0.717, 1.165) is 17.2 Å². The number of carbonyl (C=O) groups is 1. The standard InChI is InChI=1S/C21H20O2/c1-3-15(2)16-10-12-20(13-11-16)23-21(22)19-9-8-17-6-4-5-7-18(17)14-19/h4-15H,3H2,1-2H3. The van der Waals surface area contributed by atoms with Gasteiger partial charge < -0.3 is 4.74 Å². The molecule has 0 aliphatic heterocycles. The second-order valence-corrected chi connectivity index (χ2v) is 5.83. The molecule has 0 saturated heterocycles. The van der Waals surface area contributed by atoms with E-state index in [9.17, 15) is 4.79 Å². The number of rotatable bonds is 4. The minimum absolute atomic E-state index is 0.327. The summed E-state index contributed by atoms with van der Waals surface area (Å²) in [5.41, 5.74) is 1.83. The molecule has 0 aromatic heterocycles. The molecule has 0 spiro atoms. The van der Waals surface area contributed by atoms with Gasteiger partial charge in [-0.2, -0.15) is 0 Å². The molecule has 116 valence electrons. The summed E-state index contributed by atoms with van der Waals surface area (Å²) < 4.78 is 5.48. The fourth-order valence-corrected chi connectivity index (χ4v) is 2.58. The zero-order valence-electron chi connectivity index (χ0n) is 13.5. The van der Waals surface area contributed by atoms with Crippen LogP contribution in [0.5, 0.6) is 5.75 Å². The van der Waals surface area contributed by atoms with E-state index in [1.165, 1.54) is 5.56 Å². The fourth-order valence-electron chi connectivity index (χ4n) is 2.58. The Balaban J connectivity index is 1.77. The van der Waals surface area contributed by atoms with Gasteiger partial charge in [0.25, 0.3) is 0 Å². The quantitative estimate of drug-likeness (QED) is 0.465. The summed E-state index contributed by atoms with van der Waals surface area (Å²) in [6.45, 7) is 4.36. The summed E-state index contributed by atoms with van der Waals surface area (Å²) in [5.74, 6) is 0.766. The molecule has 0 aliphatic rings. The Labute approximate surface area is 136 Å². The Morgan fingerprint density at radius 3 is 2.35 bits per heavy atom. The molecule has 3 aromatic rings. The molecule has 2 nitrogen and oxygen atoms in total. The molecule has 3 aromatic carbocycles. The van der Waals surface area contributed by atoms with Gasteiger partial charge in [-0.05, 0) is 52.9 Å². The Morgan fingerprint density at radius 1 is 0.957 bits per heavy atom. The molecular weight excluding hydrogens is 284 g/mol. The summed E-state index contributed by atoms with van der Waals surface area (Å²) in [5, 5.41) is 2.15. The maximum Gasteiger partial charge on any atom is 0.343 e. The van der Waals surface area contributed by atoms with E-state index in [0.29, 0.717) is 17.2 Å². The molecule has 3 rings (SSSR count). The summed E-state index contributed by atoms with van der Waals surface area (Å²) in [4.78, 5) is 12.3. The second kappa shape index (κ2) is 6.66. The van der Waals surface area contributed by atoms with Gasteiger partial charge in [-0.3, -0.25) is 0 Å². The van der Waals surface area contributed by atoms with Crippen LogP contribution in [-0.4, -0.2) is 5.97 Å². The highest BCUT2D eigenvalue weighted by Gasteiger charge is 2.10. The predicted molar refractivity (Wildman–Crippen MR) is 94.1 cm³/mol. The number of benzene rings is 3. The molecule has 1 atom stereocenters. The third-order valence-corrected chi connectivity index (χ3v) is 4.26. The Kier molecular flexibility index (Phi) is 4.42. The molecule has 0 bridgehead atoms. The van der Waals surface area contributed by atoms with Gasteiger partial charge in [-0.25, -0.2) is 4.79 Å². The van der Waals surface area contributed by atoms with Crippen LogP contribution >= 0.6 is 0 Å². The first-order valence-electron chi connectivity index (χ1n) is 7.98. The number of hydrogen-bond acceptors (Lipinski definition) is 2. The third-order valence-electron chi connectivity index (χ3n) is 4.26. The van der Waals surface area contributed by atoms with E-state index >= 15 is 0 Å². The van der Waals surface area contributed by atoms with Crippen molar-refractivity contribution in [2.45, 2.75) is 26.2 Å². The fraction of sp³-hybridized carbons (Fsp3) is 0.190. The molecule has 0 saturated carbocycles. The number of esters is 1. The van der Waals surface area contributed by atoms with Gasteiger partial charge in [0.05, 0.1) is 5.56 Å². The topological polar surface area (TPSA) is 26.3 Å². The molecular formula is C21H20O2. The van der Waals surface area contributed by atoms with Gasteiger partial charge in [0.2, 0.25) is 0 Å². The van der Waals surface area contributed by atoms with Crippen LogP contribution in [0.1, 0.15) is 42.1 Å². The SMILES string of the molecule is CCC(C)c1ccc(OC(=O)c2ccc3ccccc3c2)cc1. The highest BCUT2D eigenvalue weighted by atomic mass is 16.5. The van der Waals surface area contributed by atoms with Crippen molar-refractivity contribution in [1.82, 2.24) is 0 Å². The lowest BCUT2D eigenvalue weighted by Crippen LogP contribution is -2.08. The van der Waals surface area contributed by atoms with Crippen LogP contribution in [0.25, 0.3) is 10.8 Å². The normalized spacial score (nSPS) is 12.1. The van der Waals surface area contributed by atoms with Crippen molar-refractivity contribution in [3.05, 3.63) is 77.9 Å². The van der Waals surface area contributed by atoms with Crippen LogP contribution in [0.15, 0.2) is 66.7 Å². The average Bonchev–Trinajstić information content (AvgIpc) is 2.61. The molecule has 23 heavy (non-hydrogen) atoms. The van der Waals surface area contributed by atoms with Crippen molar-refractivity contribution < 1.29 is 9.53 Å². The first-order valence-corrected chi connectivity index (χ1v) is 7.98. The van der Waals surface area contributed by atoms with Crippen molar-refractivity contribution in [3.8, 4) is 5.75 Å². The third kappa shape index (κ3) is 3.42. The van der Waals surface area contributed by atoms with Gasteiger partial charge in [0.1, 0.15) is 5.75 Å². The summed E-state index contributed by atoms with van der Waals surface area (Å²) in [6, 6.07) is 21.4. The van der Waals surface area contributed by atoms with Crippen LogP contribution in [0, 0.1) is 0 Å². The van der Waals surface area contributed by atoms with Gasteiger partial charge in [0, 0.05) is 0 Å². The lowest BCUT2D eigenvalue weighted by atomic mass is 9.99. The first-order chi connectivity index (χ1) is 11.2. The van der Waals surface area contributed by atoms with Gasteiger partial charge >= 0.3 is 5.97 Å².